The average Bonchev–Trinajstić information content (AvgIpc) is 3.03. The molecule has 0 radical (unpaired) electrons. The first kappa shape index (κ1) is 43.5. The summed E-state index contributed by atoms with van der Waals surface area (Å²) >= 11 is 0. The summed E-state index contributed by atoms with van der Waals surface area (Å²) in [6.07, 6.45) is 53.9. The molecule has 0 saturated heterocycles. The molecule has 0 aromatic rings. The molecule has 0 aromatic heterocycles. The number of rotatable bonds is 38. The van der Waals surface area contributed by atoms with E-state index in [4.69, 9.17) is 9.05 Å². The topological polar surface area (TPSA) is 38.7 Å². The lowest BCUT2D eigenvalue weighted by atomic mass is 10.0. The molecule has 0 saturated carbocycles. The first-order valence-electron chi connectivity index (χ1n) is 19.9. The molecule has 0 aliphatic carbocycles. The van der Waals surface area contributed by atoms with Crippen LogP contribution in [0.15, 0.2) is 24.7 Å². The maximum Gasteiger partial charge on any atom is 0.458 e. The Bertz CT molecular complexity index is 517. The Labute approximate surface area is 278 Å². The molecule has 0 aromatic carbocycles. The van der Waals surface area contributed by atoms with Crippen molar-refractivity contribution in [1.29, 1.82) is 0 Å². The third kappa shape index (κ3) is 39.5. The summed E-state index contributed by atoms with van der Waals surface area (Å²) in [6, 6.07) is 0. The summed E-state index contributed by atoms with van der Waals surface area (Å²) in [6.45, 7) is 4.58. The molecule has 0 unspecified atom stereocenters. The molecule has 0 fully saturated rings. The second-order valence-corrected chi connectivity index (χ2v) is 14.3. The van der Waals surface area contributed by atoms with E-state index < -0.39 is 8.60 Å². The lowest BCUT2D eigenvalue weighted by Crippen LogP contribution is -1.83. The van der Waals surface area contributed by atoms with Gasteiger partial charge < -0.3 is 13.9 Å². The lowest BCUT2D eigenvalue weighted by Gasteiger charge is -2.05. The van der Waals surface area contributed by atoms with Crippen LogP contribution in [0.3, 0.4) is 0 Å². The van der Waals surface area contributed by atoms with Gasteiger partial charge in [0.05, 0.1) is 12.5 Å². The molecular weight excluding hydrogens is 559 g/mol. The van der Waals surface area contributed by atoms with Crippen LogP contribution in [0.4, 0.5) is 0 Å². The van der Waals surface area contributed by atoms with E-state index in [2.05, 4.69) is 13.8 Å². The highest BCUT2D eigenvalue weighted by Gasteiger charge is 2.02. The van der Waals surface area contributed by atoms with Gasteiger partial charge in [-0.3, -0.25) is 0 Å². The molecular formula is C40H79O3P. The standard InChI is InChI=1S/C40H79O3P/c1-3-5-7-9-11-13-15-17-19-21-23-25-27-29-31-33-35-37-39-42-44(41)43-40-38-36-34-32-30-28-26-24-22-20-18-16-14-12-10-8-6-4-2/h37-41H,3-36H2,1-2H3. The summed E-state index contributed by atoms with van der Waals surface area (Å²) in [5, 5.41) is 0. The van der Waals surface area contributed by atoms with Crippen LogP contribution in [0, 0.1) is 0 Å². The van der Waals surface area contributed by atoms with E-state index in [-0.39, 0.29) is 0 Å². The number of unbranched alkanes of at least 4 members (excludes halogenated alkanes) is 32. The summed E-state index contributed by atoms with van der Waals surface area (Å²) in [4.78, 5) is 9.85. The van der Waals surface area contributed by atoms with Crippen LogP contribution >= 0.6 is 8.60 Å². The van der Waals surface area contributed by atoms with Gasteiger partial charge in [0.1, 0.15) is 0 Å². The molecule has 0 heterocycles. The molecule has 262 valence electrons. The number of hydrogen-bond acceptors (Lipinski definition) is 3. The molecule has 1 N–H and O–H groups in total. The summed E-state index contributed by atoms with van der Waals surface area (Å²) in [5.41, 5.74) is 0. The Hall–Kier alpha value is -0.530. The van der Waals surface area contributed by atoms with Crippen molar-refractivity contribution in [3.63, 3.8) is 0 Å². The molecule has 44 heavy (non-hydrogen) atoms. The molecule has 0 aliphatic rings. The van der Waals surface area contributed by atoms with Gasteiger partial charge in [-0.25, -0.2) is 0 Å². The number of allylic oxidation sites excluding steroid dienone is 2. The molecule has 0 amide bonds. The minimum absolute atomic E-state index is 1.01. The summed E-state index contributed by atoms with van der Waals surface area (Å²) in [7, 11) is -1.84. The largest absolute Gasteiger partial charge is 0.458 e. The predicted octanol–water partition coefficient (Wildman–Crippen LogP) is 15.6. The van der Waals surface area contributed by atoms with Crippen molar-refractivity contribution in [2.75, 3.05) is 0 Å². The third-order valence-electron chi connectivity index (χ3n) is 8.94. The first-order chi connectivity index (χ1) is 21.8. The zero-order chi connectivity index (χ0) is 31.9. The highest BCUT2D eigenvalue weighted by Crippen LogP contribution is 2.33. The highest BCUT2D eigenvalue weighted by molar-refractivity contribution is 7.40. The quantitative estimate of drug-likeness (QED) is 0.0415. The average molecular weight is 639 g/mol. The van der Waals surface area contributed by atoms with Crippen LogP contribution in [0.25, 0.3) is 0 Å². The van der Waals surface area contributed by atoms with Crippen LogP contribution in [0.1, 0.15) is 232 Å². The SMILES string of the molecule is CCCCCCCCCCCCCCCCCCC=COP(O)OC=CCCCCCCCCCCCCCCCCCC. The van der Waals surface area contributed by atoms with E-state index in [9.17, 15) is 4.89 Å². The fourth-order valence-electron chi connectivity index (χ4n) is 5.97. The lowest BCUT2D eigenvalue weighted by molar-refractivity contribution is 0.320. The van der Waals surface area contributed by atoms with Crippen molar-refractivity contribution in [3.8, 4) is 0 Å². The van der Waals surface area contributed by atoms with Crippen LogP contribution in [0.2, 0.25) is 0 Å². The van der Waals surface area contributed by atoms with Gasteiger partial charge in [0, 0.05) is 0 Å². The zero-order valence-electron chi connectivity index (χ0n) is 30.1. The Morgan fingerprint density at radius 1 is 0.341 bits per heavy atom. The van der Waals surface area contributed by atoms with E-state index in [1.807, 2.05) is 12.2 Å². The maximum absolute atomic E-state index is 9.85. The minimum Gasteiger partial charge on any atom is -0.426 e. The normalized spacial score (nSPS) is 12.5. The van der Waals surface area contributed by atoms with Gasteiger partial charge in [-0.05, 0) is 37.8 Å². The van der Waals surface area contributed by atoms with Crippen molar-refractivity contribution in [2.24, 2.45) is 0 Å². The minimum atomic E-state index is -1.84. The van der Waals surface area contributed by atoms with Gasteiger partial charge in [-0.15, -0.1) is 0 Å². The maximum atomic E-state index is 9.85. The van der Waals surface area contributed by atoms with Gasteiger partial charge in [0.15, 0.2) is 0 Å². The van der Waals surface area contributed by atoms with Gasteiger partial charge in [-0.2, -0.15) is 0 Å². The first-order valence-corrected chi connectivity index (χ1v) is 21.1. The Morgan fingerprint density at radius 2 is 0.545 bits per heavy atom. The Balaban J connectivity index is 3.26. The van der Waals surface area contributed by atoms with Gasteiger partial charge in [0.2, 0.25) is 0 Å². The molecule has 4 heteroatoms. The monoisotopic (exact) mass is 639 g/mol. The molecule has 0 atom stereocenters. The molecule has 0 spiro atoms. The summed E-state index contributed by atoms with van der Waals surface area (Å²) < 4.78 is 10.5. The van der Waals surface area contributed by atoms with Crippen molar-refractivity contribution < 1.29 is 13.9 Å². The molecule has 0 aliphatic heterocycles. The van der Waals surface area contributed by atoms with Crippen molar-refractivity contribution in [2.45, 2.75) is 232 Å². The Kier molecular flexibility index (Phi) is 40.0. The van der Waals surface area contributed by atoms with E-state index >= 15 is 0 Å². The fourth-order valence-corrected chi connectivity index (χ4v) is 6.40. The van der Waals surface area contributed by atoms with E-state index in [1.165, 1.54) is 205 Å². The second-order valence-electron chi connectivity index (χ2n) is 13.4. The summed E-state index contributed by atoms with van der Waals surface area (Å²) in [5.74, 6) is 0. The van der Waals surface area contributed by atoms with E-state index in [0.717, 1.165) is 12.8 Å². The fraction of sp³-hybridized carbons (Fsp3) is 0.900. The van der Waals surface area contributed by atoms with Gasteiger partial charge in [0.25, 0.3) is 0 Å². The molecule has 0 bridgehead atoms. The van der Waals surface area contributed by atoms with Crippen molar-refractivity contribution >= 4 is 8.60 Å². The third-order valence-corrected chi connectivity index (χ3v) is 9.55. The van der Waals surface area contributed by atoms with Crippen LogP contribution in [0.5, 0.6) is 0 Å². The van der Waals surface area contributed by atoms with Crippen LogP contribution < -0.4 is 0 Å². The van der Waals surface area contributed by atoms with Crippen molar-refractivity contribution in [3.05, 3.63) is 24.7 Å². The van der Waals surface area contributed by atoms with Gasteiger partial charge >= 0.3 is 8.60 Å². The van der Waals surface area contributed by atoms with Gasteiger partial charge in [-0.1, -0.05) is 206 Å². The van der Waals surface area contributed by atoms with Crippen LogP contribution in [-0.4, -0.2) is 4.89 Å². The number of hydrogen-bond donors (Lipinski definition) is 1. The second kappa shape index (κ2) is 40.5. The predicted molar refractivity (Wildman–Crippen MR) is 198 cm³/mol. The molecule has 3 nitrogen and oxygen atoms in total. The molecule has 0 rings (SSSR count). The highest BCUT2D eigenvalue weighted by atomic mass is 31.2. The van der Waals surface area contributed by atoms with E-state index in [0.29, 0.717) is 0 Å². The Morgan fingerprint density at radius 3 is 0.773 bits per heavy atom. The zero-order valence-corrected chi connectivity index (χ0v) is 31.0. The van der Waals surface area contributed by atoms with Crippen molar-refractivity contribution in [1.82, 2.24) is 0 Å². The van der Waals surface area contributed by atoms with Crippen LogP contribution in [-0.2, 0) is 9.05 Å². The smallest absolute Gasteiger partial charge is 0.426 e. The van der Waals surface area contributed by atoms with E-state index in [1.54, 1.807) is 12.5 Å².